The second kappa shape index (κ2) is 25.7. The molecule has 4 heterocycles. The van der Waals surface area contributed by atoms with E-state index in [1.54, 1.807) is 52.1 Å². The fourth-order valence-electron chi connectivity index (χ4n) is 10.8. The van der Waals surface area contributed by atoms with Crippen LogP contribution in [0, 0.1) is 35.5 Å². The molecule has 2 N–H and O–H groups in total. The molecule has 3 unspecified atom stereocenters. The van der Waals surface area contributed by atoms with E-state index in [9.17, 15) is 34.2 Å². The number of hydrogen-bond acceptors (Lipinski definition) is 15. The van der Waals surface area contributed by atoms with Crippen molar-refractivity contribution < 1.29 is 57.9 Å². The van der Waals surface area contributed by atoms with E-state index < -0.39 is 77.8 Å². The first-order chi connectivity index (χ1) is 32.8. The van der Waals surface area contributed by atoms with E-state index in [-0.39, 0.29) is 60.9 Å². The fraction of sp³-hybridized carbons (Fsp3) is 0.731. The monoisotopic (exact) mass is 966 g/mol. The summed E-state index contributed by atoms with van der Waals surface area (Å²) in [6.07, 6.45) is 14.0. The molecule has 0 aromatic carbocycles. The maximum absolute atomic E-state index is 14.5. The van der Waals surface area contributed by atoms with Crippen molar-refractivity contribution in [2.24, 2.45) is 35.5 Å². The Hall–Kier alpha value is -4.26. The highest BCUT2D eigenvalue weighted by molar-refractivity contribution is 6.39. The Labute approximate surface area is 408 Å². The Balaban J connectivity index is 1.46. The lowest BCUT2D eigenvalue weighted by atomic mass is 9.77. The van der Waals surface area contributed by atoms with Crippen molar-refractivity contribution in [1.29, 1.82) is 0 Å². The van der Waals surface area contributed by atoms with Gasteiger partial charge in [-0.25, -0.2) is 9.48 Å². The summed E-state index contributed by atoms with van der Waals surface area (Å²) in [6.45, 7) is 12.8. The number of aliphatic hydroxyl groups is 2. The van der Waals surface area contributed by atoms with E-state index in [0.717, 1.165) is 18.4 Å². The van der Waals surface area contributed by atoms with Crippen LogP contribution in [0.3, 0.4) is 0 Å². The number of rotatable bonds is 7. The largest absolute Gasteiger partial charge is 0.460 e. The molecule has 69 heavy (non-hydrogen) atoms. The zero-order chi connectivity index (χ0) is 50.6. The number of Topliss-reactive ketones (excluding diaryl/α,β-unsaturated/α-hetero) is 3. The number of ether oxygens (including phenoxy) is 5. The van der Waals surface area contributed by atoms with Crippen LogP contribution in [-0.4, -0.2) is 141 Å². The molecule has 15 atom stereocenters. The summed E-state index contributed by atoms with van der Waals surface area (Å²) < 4.78 is 31.6. The zero-order valence-corrected chi connectivity index (χ0v) is 42.5. The second-order valence-electron chi connectivity index (χ2n) is 20.4. The summed E-state index contributed by atoms with van der Waals surface area (Å²) in [5, 5.41) is 35.2. The van der Waals surface area contributed by atoms with Crippen LogP contribution in [0.2, 0.25) is 0 Å². The van der Waals surface area contributed by atoms with Crippen molar-refractivity contribution in [2.75, 3.05) is 27.9 Å². The lowest BCUT2D eigenvalue weighted by molar-refractivity contribution is -0.265. The van der Waals surface area contributed by atoms with Crippen LogP contribution in [0.25, 0.3) is 0 Å². The first kappa shape index (κ1) is 55.7. The number of aromatic nitrogens is 4. The number of piperidine rings is 1. The van der Waals surface area contributed by atoms with Crippen LogP contribution < -0.4 is 0 Å². The first-order valence-electron chi connectivity index (χ1n) is 25.0. The molecule has 2 saturated heterocycles. The number of esters is 1. The molecule has 2 bridgehead atoms. The van der Waals surface area contributed by atoms with E-state index >= 15 is 0 Å². The van der Waals surface area contributed by atoms with Crippen LogP contribution in [0.4, 0.5) is 0 Å². The van der Waals surface area contributed by atoms with Gasteiger partial charge in [0.05, 0.1) is 30.5 Å². The van der Waals surface area contributed by atoms with E-state index in [4.69, 9.17) is 23.7 Å². The Morgan fingerprint density at radius 1 is 0.899 bits per heavy atom. The number of amides is 1. The standard InChI is InChI=1S/C52H79N5O12/c1-31-16-12-11-13-17-32(2)43(65-8)28-39-21-19-37(7)52(64,69-39)49(61)50(62)56-23-15-14-18-41(56)51(63)68-44(34(4)26-38-20-22-40(45(27-38)66-9)57-30-53-54-55-57)29-42(58)33(3)25-36(6)47(60)48(67-10)46(59)35(5)24-31/h11-13,16-17,25,30-31,34-41,43-45,47-48,60,64H,14-15,18-24,26-29H2,1-10H3/b13-11?,16-12?,32-17?,33-25+/t31-,34-,35?,36?,37-,38+,39+,40+,41+,43+,44+,45-,47-,48?,52-/m1/s1. The van der Waals surface area contributed by atoms with Crippen LogP contribution in [-0.2, 0) is 47.7 Å². The number of allylic oxidation sites excluding steroid dienone is 6. The van der Waals surface area contributed by atoms with Gasteiger partial charge in [-0.15, -0.1) is 5.10 Å². The smallest absolute Gasteiger partial charge is 0.329 e. The van der Waals surface area contributed by atoms with E-state index in [0.29, 0.717) is 56.9 Å². The number of tetrazole rings is 1. The molecule has 1 aliphatic carbocycles. The minimum absolute atomic E-state index is 0.0197. The Morgan fingerprint density at radius 2 is 1.65 bits per heavy atom. The minimum Gasteiger partial charge on any atom is -0.460 e. The van der Waals surface area contributed by atoms with Gasteiger partial charge in [0.1, 0.15) is 24.6 Å². The average Bonchev–Trinajstić information content (AvgIpc) is 3.88. The van der Waals surface area contributed by atoms with Gasteiger partial charge >= 0.3 is 5.97 Å². The third kappa shape index (κ3) is 14.2. The van der Waals surface area contributed by atoms with Crippen LogP contribution in [0.15, 0.2) is 53.9 Å². The molecule has 4 aliphatic rings. The van der Waals surface area contributed by atoms with Gasteiger partial charge < -0.3 is 38.8 Å². The molecule has 5 rings (SSSR count). The lowest BCUT2D eigenvalue weighted by Gasteiger charge is -2.42. The molecule has 1 aromatic heterocycles. The summed E-state index contributed by atoms with van der Waals surface area (Å²) in [5.41, 5.74) is 1.20. The molecule has 1 amide bonds. The molecular formula is C52H79N5O12. The number of methoxy groups -OCH3 is 3. The van der Waals surface area contributed by atoms with Crippen molar-refractivity contribution in [1.82, 2.24) is 25.1 Å². The number of aliphatic hydroxyl groups excluding tert-OH is 1. The van der Waals surface area contributed by atoms with Gasteiger partial charge in [0, 0.05) is 58.5 Å². The summed E-state index contributed by atoms with van der Waals surface area (Å²) in [4.78, 5) is 72.3. The fourth-order valence-corrected chi connectivity index (χ4v) is 10.8. The van der Waals surface area contributed by atoms with Crippen molar-refractivity contribution in [2.45, 2.75) is 180 Å². The third-order valence-electron chi connectivity index (χ3n) is 15.2. The second-order valence-corrected chi connectivity index (χ2v) is 20.4. The molecule has 3 aliphatic heterocycles. The highest BCUT2D eigenvalue weighted by Gasteiger charge is 2.53. The number of nitrogens with zero attached hydrogens (tertiary/aromatic N) is 5. The highest BCUT2D eigenvalue weighted by Crippen LogP contribution is 2.39. The lowest BCUT2D eigenvalue weighted by Crippen LogP contribution is -2.61. The molecular weight excluding hydrogens is 887 g/mol. The predicted octanol–water partition coefficient (Wildman–Crippen LogP) is 6.05. The Kier molecular flexibility index (Phi) is 20.8. The average molecular weight is 966 g/mol. The summed E-state index contributed by atoms with van der Waals surface area (Å²) >= 11 is 0. The van der Waals surface area contributed by atoms with Crippen LogP contribution in [0.5, 0.6) is 0 Å². The maximum atomic E-state index is 14.5. The number of hydrogen-bond donors (Lipinski definition) is 2. The molecule has 3 fully saturated rings. The van der Waals surface area contributed by atoms with Crippen molar-refractivity contribution in [3.63, 3.8) is 0 Å². The van der Waals surface area contributed by atoms with Gasteiger partial charge in [0.15, 0.2) is 11.6 Å². The normalized spacial score (nSPS) is 37.1. The van der Waals surface area contributed by atoms with Crippen molar-refractivity contribution in [3.8, 4) is 0 Å². The molecule has 384 valence electrons. The topological polar surface area (TPSA) is 219 Å². The zero-order valence-electron chi connectivity index (χ0n) is 42.5. The van der Waals surface area contributed by atoms with Crippen molar-refractivity contribution in [3.05, 3.63) is 53.9 Å². The molecule has 1 aromatic rings. The quantitative estimate of drug-likeness (QED) is 0.235. The molecule has 17 nitrogen and oxygen atoms in total. The Bertz CT molecular complexity index is 2020. The van der Waals surface area contributed by atoms with Crippen molar-refractivity contribution >= 4 is 29.2 Å². The number of carbonyl (C=O) groups is 5. The predicted molar refractivity (Wildman–Crippen MR) is 256 cm³/mol. The summed E-state index contributed by atoms with van der Waals surface area (Å²) in [7, 11) is 4.63. The van der Waals surface area contributed by atoms with Gasteiger partial charge in [-0.1, -0.05) is 71.1 Å². The van der Waals surface area contributed by atoms with Gasteiger partial charge in [0.2, 0.25) is 5.79 Å². The minimum atomic E-state index is -2.43. The SMILES string of the molecule is COC1C(=O)C(C)C[C@H](C)C=CC=CC=C(C)[C@@H](OC)C[C@@H]2CC[C@@H](C)[C@@](O)(O2)C(=O)C(=O)N2CCCC[C@H]2C(=O)O[C@H]([C@H](C)C[C@@H]2CC[C@H](n3cnnn3)[C@H](OC)C2)CC(=O)/C(C)=C/C(C)[C@H]1O. The number of fused-ring (bicyclic) bond motifs is 3. The number of carbonyl (C=O) groups excluding carboxylic acids is 5. The highest BCUT2D eigenvalue weighted by atomic mass is 16.6. The third-order valence-corrected chi connectivity index (χ3v) is 15.2. The molecule has 1 saturated carbocycles. The molecule has 0 radical (unpaired) electrons. The van der Waals surface area contributed by atoms with Gasteiger partial charge in [-0.05, 0) is 117 Å². The number of ketones is 3. The van der Waals surface area contributed by atoms with Gasteiger partial charge in [-0.3, -0.25) is 19.2 Å². The number of cyclic esters (lactones) is 1. The maximum Gasteiger partial charge on any atom is 0.329 e. The summed E-state index contributed by atoms with van der Waals surface area (Å²) in [6, 6.07) is -1.20. The van der Waals surface area contributed by atoms with Crippen LogP contribution >= 0.6 is 0 Å². The first-order valence-corrected chi connectivity index (χ1v) is 25.0. The molecule has 17 heteroatoms. The Morgan fingerprint density at radius 3 is 2.33 bits per heavy atom. The molecule has 0 spiro atoms. The summed E-state index contributed by atoms with van der Waals surface area (Å²) in [5.74, 6) is -7.89. The van der Waals surface area contributed by atoms with E-state index in [1.807, 2.05) is 58.1 Å². The van der Waals surface area contributed by atoms with Gasteiger partial charge in [-0.2, -0.15) is 0 Å². The van der Waals surface area contributed by atoms with E-state index in [2.05, 4.69) is 15.5 Å². The van der Waals surface area contributed by atoms with Gasteiger partial charge in [0.25, 0.3) is 11.7 Å². The van der Waals surface area contributed by atoms with Crippen LogP contribution in [0.1, 0.15) is 132 Å². The van der Waals surface area contributed by atoms with E-state index in [1.165, 1.54) is 12.0 Å².